The molecule has 1 aromatic heterocycles. The Labute approximate surface area is 186 Å². The van der Waals surface area contributed by atoms with Crippen molar-refractivity contribution in [3.05, 3.63) is 105 Å². The molecular formula is C23H16N4O4S. The fourth-order valence-electron chi connectivity index (χ4n) is 3.73. The maximum atomic E-state index is 13.6. The Bertz CT molecular complexity index is 1400. The van der Waals surface area contributed by atoms with Gasteiger partial charge in [0.05, 0.1) is 21.6 Å². The third-order valence-electron chi connectivity index (χ3n) is 5.23. The molecule has 32 heavy (non-hydrogen) atoms. The first kappa shape index (κ1) is 20.0. The van der Waals surface area contributed by atoms with Gasteiger partial charge in [0.2, 0.25) is 0 Å². The maximum Gasteiger partial charge on any atom is 0.280 e. The Morgan fingerprint density at radius 2 is 1.62 bits per heavy atom. The molecule has 0 N–H and O–H groups in total. The largest absolute Gasteiger partial charge is 0.280 e. The number of carbonyl (C=O) groups is 1. The summed E-state index contributed by atoms with van der Waals surface area (Å²) < 4.78 is 1.34. The standard InChI is InChI=1S/C23H16N4O4S/c28-20-14-32-23(16-10-12-17(13-11-16)27(30)31)25(20)26-21(15-6-2-1-3-7-15)24-19-9-5-4-8-18(19)22(26)29/h1-13,23H,14H2. The van der Waals surface area contributed by atoms with E-state index in [9.17, 15) is 19.7 Å². The van der Waals surface area contributed by atoms with Crippen molar-refractivity contribution < 1.29 is 9.72 Å². The van der Waals surface area contributed by atoms with Gasteiger partial charge >= 0.3 is 0 Å². The first-order chi connectivity index (χ1) is 15.5. The zero-order valence-electron chi connectivity index (χ0n) is 16.6. The quantitative estimate of drug-likeness (QED) is 0.350. The SMILES string of the molecule is O=C1CSC(c2ccc([N+](=O)[O-])cc2)N1n1c(-c2ccccc2)nc2ccccc2c1=O. The van der Waals surface area contributed by atoms with Crippen LogP contribution in [0.25, 0.3) is 22.3 Å². The molecule has 0 bridgehead atoms. The summed E-state index contributed by atoms with van der Waals surface area (Å²) in [5.74, 6) is 0.293. The molecule has 1 amide bonds. The van der Waals surface area contributed by atoms with Crippen LogP contribution in [-0.4, -0.2) is 26.2 Å². The second kappa shape index (κ2) is 7.93. The number of thioether (sulfide) groups is 1. The third kappa shape index (κ3) is 3.32. The maximum absolute atomic E-state index is 13.6. The lowest BCUT2D eigenvalue weighted by molar-refractivity contribution is -0.384. The zero-order valence-corrected chi connectivity index (χ0v) is 17.4. The van der Waals surface area contributed by atoms with Crippen LogP contribution in [0.15, 0.2) is 83.7 Å². The number of aromatic nitrogens is 2. The van der Waals surface area contributed by atoms with E-state index in [0.717, 1.165) is 0 Å². The number of hydrogen-bond acceptors (Lipinski definition) is 6. The van der Waals surface area contributed by atoms with Crippen LogP contribution < -0.4 is 10.6 Å². The van der Waals surface area contributed by atoms with Crippen LogP contribution in [0.3, 0.4) is 0 Å². The van der Waals surface area contributed by atoms with Gasteiger partial charge in [-0.05, 0) is 29.8 Å². The molecule has 1 saturated heterocycles. The van der Waals surface area contributed by atoms with E-state index in [0.29, 0.717) is 27.9 Å². The molecule has 1 aliphatic rings. The van der Waals surface area contributed by atoms with Crippen molar-refractivity contribution in [2.45, 2.75) is 5.37 Å². The van der Waals surface area contributed by atoms with Crippen molar-refractivity contribution in [1.82, 2.24) is 9.66 Å². The minimum Gasteiger partial charge on any atom is -0.272 e. The molecule has 1 unspecified atom stereocenters. The van der Waals surface area contributed by atoms with E-state index in [1.807, 2.05) is 36.4 Å². The van der Waals surface area contributed by atoms with Gasteiger partial charge in [-0.3, -0.25) is 19.7 Å². The van der Waals surface area contributed by atoms with Crippen LogP contribution in [0.2, 0.25) is 0 Å². The van der Waals surface area contributed by atoms with Gasteiger partial charge in [0.25, 0.3) is 17.2 Å². The number of para-hydroxylation sites is 1. The summed E-state index contributed by atoms with van der Waals surface area (Å²) in [4.78, 5) is 41.9. The highest BCUT2D eigenvalue weighted by atomic mass is 32.2. The van der Waals surface area contributed by atoms with Crippen LogP contribution in [-0.2, 0) is 4.79 Å². The Hall–Kier alpha value is -3.98. The second-order valence-corrected chi connectivity index (χ2v) is 8.25. The van der Waals surface area contributed by atoms with Gasteiger partial charge in [0, 0.05) is 17.7 Å². The number of benzene rings is 3. The van der Waals surface area contributed by atoms with E-state index in [-0.39, 0.29) is 22.9 Å². The highest BCUT2D eigenvalue weighted by Crippen LogP contribution is 2.38. The molecule has 0 saturated carbocycles. The summed E-state index contributed by atoms with van der Waals surface area (Å²) in [5, 5.41) is 12.3. The molecule has 4 aromatic rings. The van der Waals surface area contributed by atoms with Gasteiger partial charge in [0.1, 0.15) is 5.37 Å². The number of fused-ring (bicyclic) bond motifs is 1. The molecule has 1 aliphatic heterocycles. The van der Waals surface area contributed by atoms with Gasteiger partial charge in [-0.15, -0.1) is 11.8 Å². The zero-order chi connectivity index (χ0) is 22.2. The van der Waals surface area contributed by atoms with E-state index < -0.39 is 10.3 Å². The summed E-state index contributed by atoms with van der Waals surface area (Å²) in [7, 11) is 0. The first-order valence-corrected chi connectivity index (χ1v) is 10.8. The highest BCUT2D eigenvalue weighted by molar-refractivity contribution is 8.00. The minimum absolute atomic E-state index is 0.0378. The lowest BCUT2D eigenvalue weighted by Gasteiger charge is -2.28. The Kier molecular flexibility index (Phi) is 4.95. The summed E-state index contributed by atoms with van der Waals surface area (Å²) in [6.07, 6.45) is 0. The number of nitrogens with zero attached hydrogens (tertiary/aromatic N) is 4. The fourth-order valence-corrected chi connectivity index (χ4v) is 4.87. The van der Waals surface area contributed by atoms with Gasteiger partial charge in [-0.25, -0.2) is 9.99 Å². The average molecular weight is 444 g/mol. The summed E-state index contributed by atoms with van der Waals surface area (Å²) in [6.45, 7) is 0. The highest BCUT2D eigenvalue weighted by Gasteiger charge is 2.37. The van der Waals surface area contributed by atoms with E-state index in [1.54, 1.807) is 30.3 Å². The molecule has 3 aromatic carbocycles. The minimum atomic E-state index is -0.522. The van der Waals surface area contributed by atoms with Crippen molar-refractivity contribution in [2.24, 2.45) is 0 Å². The summed E-state index contributed by atoms with van der Waals surface area (Å²) in [5.41, 5.74) is 1.54. The van der Waals surface area contributed by atoms with Crippen LogP contribution in [0, 0.1) is 10.1 Å². The van der Waals surface area contributed by atoms with E-state index in [4.69, 9.17) is 4.98 Å². The Morgan fingerprint density at radius 1 is 0.938 bits per heavy atom. The van der Waals surface area contributed by atoms with Gasteiger partial charge in [-0.2, -0.15) is 4.68 Å². The number of non-ortho nitro benzene ring substituents is 1. The molecule has 9 heteroatoms. The molecule has 1 fully saturated rings. The molecule has 0 radical (unpaired) electrons. The number of nitro benzene ring substituents is 1. The van der Waals surface area contributed by atoms with Crippen LogP contribution in [0.1, 0.15) is 10.9 Å². The van der Waals surface area contributed by atoms with Crippen molar-refractivity contribution in [2.75, 3.05) is 10.8 Å². The summed E-state index contributed by atoms with van der Waals surface area (Å²) in [6, 6.07) is 22.3. The lowest BCUT2D eigenvalue weighted by Crippen LogP contribution is -2.46. The fraction of sp³-hybridized carbons (Fsp3) is 0.0870. The molecule has 0 spiro atoms. The summed E-state index contributed by atoms with van der Waals surface area (Å²) >= 11 is 1.36. The van der Waals surface area contributed by atoms with Gasteiger partial charge < -0.3 is 0 Å². The lowest BCUT2D eigenvalue weighted by atomic mass is 10.1. The van der Waals surface area contributed by atoms with Crippen LogP contribution in [0.5, 0.6) is 0 Å². The Morgan fingerprint density at radius 3 is 2.34 bits per heavy atom. The van der Waals surface area contributed by atoms with E-state index in [1.165, 1.54) is 33.6 Å². The predicted octanol–water partition coefficient (Wildman–Crippen LogP) is 3.88. The van der Waals surface area contributed by atoms with Gasteiger partial charge in [0.15, 0.2) is 5.82 Å². The number of hydrogen-bond donors (Lipinski definition) is 0. The first-order valence-electron chi connectivity index (χ1n) is 9.80. The number of nitro groups is 1. The average Bonchev–Trinajstić information content (AvgIpc) is 3.20. The van der Waals surface area contributed by atoms with Crippen molar-refractivity contribution in [3.8, 4) is 11.4 Å². The van der Waals surface area contributed by atoms with E-state index >= 15 is 0 Å². The van der Waals surface area contributed by atoms with Crippen molar-refractivity contribution >= 4 is 34.3 Å². The monoisotopic (exact) mass is 444 g/mol. The molecule has 8 nitrogen and oxygen atoms in total. The van der Waals surface area contributed by atoms with Crippen LogP contribution in [0.4, 0.5) is 5.69 Å². The third-order valence-corrected chi connectivity index (χ3v) is 6.43. The second-order valence-electron chi connectivity index (χ2n) is 7.19. The molecular weight excluding hydrogens is 428 g/mol. The smallest absolute Gasteiger partial charge is 0.272 e. The number of rotatable bonds is 4. The van der Waals surface area contributed by atoms with Gasteiger partial charge in [-0.1, -0.05) is 42.5 Å². The molecule has 2 heterocycles. The van der Waals surface area contributed by atoms with Crippen molar-refractivity contribution in [1.29, 1.82) is 0 Å². The Balaban J connectivity index is 1.73. The predicted molar refractivity (Wildman–Crippen MR) is 123 cm³/mol. The number of carbonyl (C=O) groups excluding carboxylic acids is 1. The molecule has 5 rings (SSSR count). The molecule has 0 aliphatic carbocycles. The van der Waals surface area contributed by atoms with Crippen molar-refractivity contribution in [3.63, 3.8) is 0 Å². The van der Waals surface area contributed by atoms with Crippen LogP contribution >= 0.6 is 11.8 Å². The molecule has 158 valence electrons. The normalized spacial score (nSPS) is 15.9. The topological polar surface area (TPSA) is 98.3 Å². The van der Waals surface area contributed by atoms with E-state index in [2.05, 4.69) is 0 Å². The number of amides is 1. The molecule has 1 atom stereocenters.